The minimum absolute atomic E-state index is 0.737. The lowest BCUT2D eigenvalue weighted by Gasteiger charge is -1.98. The van der Waals surface area contributed by atoms with E-state index < -0.39 is 0 Å². The fourth-order valence-corrected chi connectivity index (χ4v) is 1.79. The molecule has 14 heavy (non-hydrogen) atoms. The number of aromatic nitrogens is 3. The average molecular weight is 208 g/mol. The van der Waals surface area contributed by atoms with Gasteiger partial charge in [0, 0.05) is 24.7 Å². The Labute approximate surface area is 86.6 Å². The van der Waals surface area contributed by atoms with E-state index >= 15 is 0 Å². The maximum atomic E-state index is 4.35. The third-order valence-electron chi connectivity index (χ3n) is 1.83. The predicted octanol–water partition coefficient (Wildman–Crippen LogP) is 1.80. The minimum atomic E-state index is 0.737. The number of anilines is 1. The van der Waals surface area contributed by atoms with Gasteiger partial charge < -0.3 is 5.32 Å². The summed E-state index contributed by atoms with van der Waals surface area (Å²) in [6, 6.07) is 1.94. The summed E-state index contributed by atoms with van der Waals surface area (Å²) in [5.41, 5.74) is 1.07. The van der Waals surface area contributed by atoms with Gasteiger partial charge in [-0.15, -0.1) is 11.3 Å². The summed E-state index contributed by atoms with van der Waals surface area (Å²) in [5, 5.41) is 10.6. The quantitative estimate of drug-likeness (QED) is 0.836. The van der Waals surface area contributed by atoms with Crippen molar-refractivity contribution in [1.29, 1.82) is 0 Å². The van der Waals surface area contributed by atoms with Crippen molar-refractivity contribution in [2.45, 2.75) is 13.5 Å². The highest BCUT2D eigenvalue weighted by Gasteiger charge is 1.99. The van der Waals surface area contributed by atoms with Crippen LogP contribution in [0, 0.1) is 6.92 Å². The predicted molar refractivity (Wildman–Crippen MR) is 57.4 cm³/mol. The van der Waals surface area contributed by atoms with Crippen LogP contribution >= 0.6 is 11.3 Å². The summed E-state index contributed by atoms with van der Waals surface area (Å²) in [6.45, 7) is 2.75. The molecule has 0 spiro atoms. The van der Waals surface area contributed by atoms with Crippen LogP contribution in [0.25, 0.3) is 0 Å². The summed E-state index contributed by atoms with van der Waals surface area (Å²) in [4.78, 5) is 4.35. The van der Waals surface area contributed by atoms with Crippen molar-refractivity contribution < 1.29 is 0 Å². The number of thiazole rings is 1. The van der Waals surface area contributed by atoms with E-state index in [0.717, 1.165) is 23.1 Å². The second-order valence-electron chi connectivity index (χ2n) is 3.09. The zero-order chi connectivity index (χ0) is 9.97. The summed E-state index contributed by atoms with van der Waals surface area (Å²) >= 11 is 1.67. The molecule has 2 aromatic heterocycles. The molecule has 0 radical (unpaired) electrons. The van der Waals surface area contributed by atoms with Crippen LogP contribution in [0.2, 0.25) is 0 Å². The van der Waals surface area contributed by atoms with Gasteiger partial charge in [-0.25, -0.2) is 4.98 Å². The van der Waals surface area contributed by atoms with Crippen LogP contribution in [-0.4, -0.2) is 14.8 Å². The zero-order valence-corrected chi connectivity index (χ0v) is 9.01. The Balaban J connectivity index is 1.94. The van der Waals surface area contributed by atoms with Crippen LogP contribution in [0.1, 0.15) is 10.7 Å². The summed E-state index contributed by atoms with van der Waals surface area (Å²) < 4.78 is 1.77. The first-order valence-electron chi connectivity index (χ1n) is 4.38. The Morgan fingerprint density at radius 2 is 2.43 bits per heavy atom. The van der Waals surface area contributed by atoms with Gasteiger partial charge in [-0.1, -0.05) is 0 Å². The molecule has 0 saturated heterocycles. The molecule has 0 aromatic carbocycles. The van der Waals surface area contributed by atoms with Crippen LogP contribution in [0.3, 0.4) is 0 Å². The largest absolute Gasteiger partial charge is 0.363 e. The van der Waals surface area contributed by atoms with Crippen molar-refractivity contribution in [2.75, 3.05) is 5.32 Å². The monoisotopic (exact) mass is 208 g/mol. The Morgan fingerprint density at radius 1 is 1.57 bits per heavy atom. The average Bonchev–Trinajstić information content (AvgIpc) is 2.72. The van der Waals surface area contributed by atoms with Crippen molar-refractivity contribution in [1.82, 2.24) is 14.8 Å². The first-order valence-corrected chi connectivity index (χ1v) is 5.26. The van der Waals surface area contributed by atoms with Crippen molar-refractivity contribution in [2.24, 2.45) is 7.05 Å². The Hall–Kier alpha value is -1.36. The molecular formula is C9H12N4S. The highest BCUT2D eigenvalue weighted by atomic mass is 32.1. The van der Waals surface area contributed by atoms with E-state index in [4.69, 9.17) is 0 Å². The molecule has 74 valence electrons. The molecule has 0 aliphatic heterocycles. The van der Waals surface area contributed by atoms with Gasteiger partial charge in [0.25, 0.3) is 0 Å². The number of rotatable bonds is 3. The third-order valence-corrected chi connectivity index (χ3v) is 2.65. The zero-order valence-electron chi connectivity index (χ0n) is 8.19. The lowest BCUT2D eigenvalue weighted by molar-refractivity contribution is 0.768. The van der Waals surface area contributed by atoms with E-state index in [1.807, 2.05) is 26.2 Å². The van der Waals surface area contributed by atoms with Gasteiger partial charge in [-0.05, 0) is 6.92 Å². The smallest absolute Gasteiger partial charge is 0.148 e. The number of nitrogens with one attached hydrogen (secondary N) is 1. The summed E-state index contributed by atoms with van der Waals surface area (Å²) in [5.74, 6) is 0.887. The number of nitrogens with zero attached hydrogens (tertiary/aromatic N) is 3. The first-order chi connectivity index (χ1) is 6.74. The maximum Gasteiger partial charge on any atom is 0.148 e. The molecule has 4 nitrogen and oxygen atoms in total. The van der Waals surface area contributed by atoms with Crippen LogP contribution in [-0.2, 0) is 13.6 Å². The Bertz CT molecular complexity index is 378. The highest BCUT2D eigenvalue weighted by molar-refractivity contribution is 7.09. The second kappa shape index (κ2) is 3.79. The fraction of sp³-hybridized carbons (Fsp3) is 0.333. The molecule has 2 heterocycles. The molecule has 2 rings (SSSR count). The molecule has 0 amide bonds. The van der Waals surface area contributed by atoms with E-state index in [1.165, 1.54) is 0 Å². The van der Waals surface area contributed by atoms with E-state index in [-0.39, 0.29) is 0 Å². The number of hydrogen-bond donors (Lipinski definition) is 1. The maximum absolute atomic E-state index is 4.35. The van der Waals surface area contributed by atoms with E-state index in [0.29, 0.717) is 0 Å². The van der Waals surface area contributed by atoms with Crippen LogP contribution in [0.4, 0.5) is 5.82 Å². The van der Waals surface area contributed by atoms with E-state index in [9.17, 15) is 0 Å². The topological polar surface area (TPSA) is 42.7 Å². The standard InChI is InChI=1S/C9H12N4S/c1-7-11-8(6-14-7)5-10-9-3-4-13(2)12-9/h3-4,6H,5H2,1-2H3,(H,10,12). The molecule has 1 N–H and O–H groups in total. The Morgan fingerprint density at radius 3 is 3.00 bits per heavy atom. The van der Waals surface area contributed by atoms with E-state index in [2.05, 4.69) is 20.8 Å². The van der Waals surface area contributed by atoms with Crippen molar-refractivity contribution in [3.63, 3.8) is 0 Å². The van der Waals surface area contributed by atoms with Crippen LogP contribution < -0.4 is 5.32 Å². The summed E-state index contributed by atoms with van der Waals surface area (Å²) in [6.07, 6.45) is 1.91. The molecule has 0 saturated carbocycles. The van der Waals surface area contributed by atoms with Gasteiger partial charge in [0.1, 0.15) is 5.82 Å². The van der Waals surface area contributed by atoms with Crippen molar-refractivity contribution in [3.8, 4) is 0 Å². The van der Waals surface area contributed by atoms with Gasteiger partial charge in [0.05, 0.1) is 17.2 Å². The van der Waals surface area contributed by atoms with Crippen molar-refractivity contribution >= 4 is 17.2 Å². The second-order valence-corrected chi connectivity index (χ2v) is 4.15. The highest BCUT2D eigenvalue weighted by Crippen LogP contribution is 2.09. The third kappa shape index (κ3) is 2.11. The van der Waals surface area contributed by atoms with Gasteiger partial charge in [-0.2, -0.15) is 5.10 Å². The Kier molecular flexibility index (Phi) is 2.49. The molecule has 0 aliphatic carbocycles. The van der Waals surface area contributed by atoms with Crippen molar-refractivity contribution in [3.05, 3.63) is 28.3 Å². The fourth-order valence-electron chi connectivity index (χ4n) is 1.18. The molecular weight excluding hydrogens is 196 g/mol. The van der Waals surface area contributed by atoms with Gasteiger partial charge in [-0.3, -0.25) is 4.68 Å². The number of aryl methyl sites for hydroxylation is 2. The lowest BCUT2D eigenvalue weighted by Crippen LogP contribution is -2.01. The molecule has 0 aliphatic rings. The summed E-state index contributed by atoms with van der Waals surface area (Å²) in [7, 11) is 1.90. The van der Waals surface area contributed by atoms with Gasteiger partial charge in [0.2, 0.25) is 0 Å². The van der Waals surface area contributed by atoms with Gasteiger partial charge in [0.15, 0.2) is 0 Å². The van der Waals surface area contributed by atoms with Crippen LogP contribution in [0.15, 0.2) is 17.6 Å². The van der Waals surface area contributed by atoms with Gasteiger partial charge >= 0.3 is 0 Å². The minimum Gasteiger partial charge on any atom is -0.363 e. The molecule has 5 heteroatoms. The number of hydrogen-bond acceptors (Lipinski definition) is 4. The molecule has 2 aromatic rings. The molecule has 0 bridgehead atoms. The molecule has 0 fully saturated rings. The first kappa shape index (κ1) is 9.21. The SMILES string of the molecule is Cc1nc(CNc2ccn(C)n2)cs1. The molecule has 0 atom stereocenters. The normalized spacial score (nSPS) is 10.4. The van der Waals surface area contributed by atoms with E-state index in [1.54, 1.807) is 16.0 Å². The molecule has 0 unspecified atom stereocenters. The lowest BCUT2D eigenvalue weighted by atomic mass is 10.5. The van der Waals surface area contributed by atoms with Crippen LogP contribution in [0.5, 0.6) is 0 Å².